The standard InChI is InChI=1S/C13H23N3O2/c1-13(2,3)16-6-4-15(5-7-16)12(18)10-8-11(17)14-9-10/h10H,4-9H2,1-3H3,(H,14,17). The van der Waals surface area contributed by atoms with Crippen LogP contribution in [0.2, 0.25) is 0 Å². The highest BCUT2D eigenvalue weighted by atomic mass is 16.2. The second-order valence-corrected chi connectivity index (χ2v) is 6.19. The van der Waals surface area contributed by atoms with Crippen LogP contribution in [0.1, 0.15) is 27.2 Å². The normalized spacial score (nSPS) is 26.3. The van der Waals surface area contributed by atoms with Crippen molar-refractivity contribution < 1.29 is 9.59 Å². The molecule has 0 aromatic rings. The maximum Gasteiger partial charge on any atom is 0.228 e. The highest BCUT2D eigenvalue weighted by Crippen LogP contribution is 2.18. The predicted molar refractivity (Wildman–Crippen MR) is 69.0 cm³/mol. The molecule has 2 aliphatic rings. The average Bonchev–Trinajstić information content (AvgIpc) is 2.74. The Morgan fingerprint density at radius 2 is 1.83 bits per heavy atom. The molecular formula is C13H23N3O2. The molecule has 2 heterocycles. The third kappa shape index (κ3) is 2.83. The minimum Gasteiger partial charge on any atom is -0.355 e. The van der Waals surface area contributed by atoms with Crippen LogP contribution in [0.25, 0.3) is 0 Å². The molecular weight excluding hydrogens is 230 g/mol. The fourth-order valence-corrected chi connectivity index (χ4v) is 2.64. The van der Waals surface area contributed by atoms with Crippen molar-refractivity contribution >= 4 is 11.8 Å². The van der Waals surface area contributed by atoms with Gasteiger partial charge in [0.05, 0.1) is 5.92 Å². The van der Waals surface area contributed by atoms with Crippen LogP contribution in [0, 0.1) is 5.92 Å². The van der Waals surface area contributed by atoms with E-state index in [-0.39, 0.29) is 23.3 Å². The number of hydrogen-bond donors (Lipinski definition) is 1. The van der Waals surface area contributed by atoms with Gasteiger partial charge < -0.3 is 10.2 Å². The van der Waals surface area contributed by atoms with Crippen LogP contribution in [0.15, 0.2) is 0 Å². The second-order valence-electron chi connectivity index (χ2n) is 6.19. The number of rotatable bonds is 1. The average molecular weight is 253 g/mol. The SMILES string of the molecule is CC(C)(C)N1CCN(C(=O)C2CNC(=O)C2)CC1. The van der Waals surface area contributed by atoms with E-state index in [0.717, 1.165) is 26.2 Å². The molecule has 2 rings (SSSR count). The zero-order chi connectivity index (χ0) is 13.3. The number of piperazine rings is 1. The minimum atomic E-state index is -0.140. The van der Waals surface area contributed by atoms with E-state index in [0.29, 0.717) is 13.0 Å². The third-order valence-electron chi connectivity index (χ3n) is 3.87. The fraction of sp³-hybridized carbons (Fsp3) is 0.846. The third-order valence-corrected chi connectivity index (χ3v) is 3.87. The first-order chi connectivity index (χ1) is 8.38. The Morgan fingerprint density at radius 3 is 2.28 bits per heavy atom. The van der Waals surface area contributed by atoms with E-state index in [9.17, 15) is 9.59 Å². The molecule has 2 fully saturated rings. The van der Waals surface area contributed by atoms with Crippen LogP contribution in [0.5, 0.6) is 0 Å². The highest BCUT2D eigenvalue weighted by molar-refractivity contribution is 5.89. The van der Waals surface area contributed by atoms with E-state index < -0.39 is 0 Å². The van der Waals surface area contributed by atoms with Gasteiger partial charge >= 0.3 is 0 Å². The van der Waals surface area contributed by atoms with Gasteiger partial charge in [0.1, 0.15) is 0 Å². The lowest BCUT2D eigenvalue weighted by molar-refractivity contribution is -0.138. The predicted octanol–water partition coefficient (Wildman–Crippen LogP) is 0.0652. The van der Waals surface area contributed by atoms with Gasteiger partial charge in [-0.3, -0.25) is 14.5 Å². The summed E-state index contributed by atoms with van der Waals surface area (Å²) in [6.07, 6.45) is 0.359. The maximum atomic E-state index is 12.2. The fourth-order valence-electron chi connectivity index (χ4n) is 2.64. The van der Waals surface area contributed by atoms with Gasteiger partial charge in [-0.15, -0.1) is 0 Å². The van der Waals surface area contributed by atoms with Crippen molar-refractivity contribution in [1.82, 2.24) is 15.1 Å². The van der Waals surface area contributed by atoms with Crippen LogP contribution >= 0.6 is 0 Å². The number of nitrogens with one attached hydrogen (secondary N) is 1. The van der Waals surface area contributed by atoms with Gasteiger partial charge in [0.2, 0.25) is 11.8 Å². The summed E-state index contributed by atoms with van der Waals surface area (Å²) < 4.78 is 0. The van der Waals surface area contributed by atoms with E-state index in [1.807, 2.05) is 4.90 Å². The number of amides is 2. The van der Waals surface area contributed by atoms with E-state index >= 15 is 0 Å². The largest absolute Gasteiger partial charge is 0.355 e. The summed E-state index contributed by atoms with van der Waals surface area (Å²) in [7, 11) is 0. The summed E-state index contributed by atoms with van der Waals surface area (Å²) >= 11 is 0. The molecule has 1 unspecified atom stereocenters. The van der Waals surface area contributed by atoms with Crippen molar-refractivity contribution in [1.29, 1.82) is 0 Å². The van der Waals surface area contributed by atoms with Crippen LogP contribution in [-0.2, 0) is 9.59 Å². The molecule has 1 N–H and O–H groups in total. The first-order valence-corrected chi connectivity index (χ1v) is 6.68. The molecule has 5 heteroatoms. The Kier molecular flexibility index (Phi) is 3.61. The van der Waals surface area contributed by atoms with Crippen LogP contribution in [0.4, 0.5) is 0 Å². The van der Waals surface area contributed by atoms with Gasteiger partial charge in [-0.2, -0.15) is 0 Å². The monoisotopic (exact) mass is 253 g/mol. The van der Waals surface area contributed by atoms with Crippen LogP contribution in [0.3, 0.4) is 0 Å². The van der Waals surface area contributed by atoms with E-state index in [1.165, 1.54) is 0 Å². The summed E-state index contributed by atoms with van der Waals surface area (Å²) in [4.78, 5) is 27.7. The maximum absolute atomic E-state index is 12.2. The van der Waals surface area contributed by atoms with Gasteiger partial charge in [0.25, 0.3) is 0 Å². The van der Waals surface area contributed by atoms with Gasteiger partial charge in [-0.25, -0.2) is 0 Å². The first-order valence-electron chi connectivity index (χ1n) is 6.68. The Bertz CT molecular complexity index is 341. The molecule has 2 amide bonds. The molecule has 1 atom stereocenters. The molecule has 5 nitrogen and oxygen atoms in total. The van der Waals surface area contributed by atoms with Crippen molar-refractivity contribution in [2.24, 2.45) is 5.92 Å². The molecule has 2 aliphatic heterocycles. The van der Waals surface area contributed by atoms with Gasteiger partial charge in [-0.1, -0.05) is 0 Å². The summed E-state index contributed by atoms with van der Waals surface area (Å²) in [6, 6.07) is 0. The molecule has 0 radical (unpaired) electrons. The summed E-state index contributed by atoms with van der Waals surface area (Å²) in [6.45, 7) is 10.5. The Morgan fingerprint density at radius 1 is 1.22 bits per heavy atom. The van der Waals surface area contributed by atoms with Crippen molar-refractivity contribution in [3.63, 3.8) is 0 Å². The molecule has 0 aliphatic carbocycles. The molecule has 0 aromatic carbocycles. The Balaban J connectivity index is 1.86. The van der Waals surface area contributed by atoms with E-state index in [2.05, 4.69) is 31.0 Å². The van der Waals surface area contributed by atoms with Crippen LogP contribution in [-0.4, -0.2) is 59.9 Å². The summed E-state index contributed by atoms with van der Waals surface area (Å²) in [5.74, 6) is 0.00211. The van der Waals surface area contributed by atoms with Gasteiger partial charge in [-0.05, 0) is 20.8 Å². The number of nitrogens with zero attached hydrogens (tertiary/aromatic N) is 2. The smallest absolute Gasteiger partial charge is 0.228 e. The van der Waals surface area contributed by atoms with E-state index in [1.54, 1.807) is 0 Å². The van der Waals surface area contributed by atoms with Crippen molar-refractivity contribution in [2.45, 2.75) is 32.7 Å². The first kappa shape index (κ1) is 13.3. The topological polar surface area (TPSA) is 52.6 Å². The molecule has 0 spiro atoms. The molecule has 0 saturated carbocycles. The quantitative estimate of drug-likeness (QED) is 0.719. The van der Waals surface area contributed by atoms with Crippen LogP contribution < -0.4 is 5.32 Å². The highest BCUT2D eigenvalue weighted by Gasteiger charge is 2.34. The van der Waals surface area contributed by atoms with Crippen molar-refractivity contribution in [3.8, 4) is 0 Å². The Labute approximate surface area is 108 Å². The lowest BCUT2D eigenvalue weighted by Crippen LogP contribution is -2.55. The lowest BCUT2D eigenvalue weighted by atomic mass is 10.0. The number of carbonyl (C=O) groups excluding carboxylic acids is 2. The molecule has 0 bridgehead atoms. The van der Waals surface area contributed by atoms with Crippen molar-refractivity contribution in [2.75, 3.05) is 32.7 Å². The minimum absolute atomic E-state index is 0.00155. The van der Waals surface area contributed by atoms with E-state index in [4.69, 9.17) is 0 Å². The van der Waals surface area contributed by atoms with Crippen molar-refractivity contribution in [3.05, 3.63) is 0 Å². The summed E-state index contributed by atoms with van der Waals surface area (Å²) in [5, 5.41) is 2.73. The second kappa shape index (κ2) is 4.88. The lowest BCUT2D eigenvalue weighted by Gasteiger charge is -2.42. The molecule has 0 aromatic heterocycles. The number of hydrogen-bond acceptors (Lipinski definition) is 3. The molecule has 2 saturated heterocycles. The summed E-state index contributed by atoms with van der Waals surface area (Å²) in [5.41, 5.74) is 0.167. The zero-order valence-electron chi connectivity index (χ0n) is 11.5. The number of carbonyl (C=O) groups is 2. The molecule has 102 valence electrons. The van der Waals surface area contributed by atoms with Gasteiger partial charge in [0.15, 0.2) is 0 Å². The van der Waals surface area contributed by atoms with Gasteiger partial charge in [0, 0.05) is 44.7 Å². The Hall–Kier alpha value is -1.10. The zero-order valence-corrected chi connectivity index (χ0v) is 11.5. The molecule has 18 heavy (non-hydrogen) atoms.